The van der Waals surface area contributed by atoms with Crippen molar-refractivity contribution in [3.63, 3.8) is 0 Å². The summed E-state index contributed by atoms with van der Waals surface area (Å²) in [6.45, 7) is 3.13. The highest BCUT2D eigenvalue weighted by molar-refractivity contribution is 7.80. The first kappa shape index (κ1) is 21.1. The maximum atomic E-state index is 12.6. The van der Waals surface area contributed by atoms with Crippen molar-refractivity contribution < 1.29 is 9.53 Å². The topological polar surface area (TPSA) is 73.1 Å². The van der Waals surface area contributed by atoms with Crippen LogP contribution in [0.5, 0.6) is 5.75 Å². The molecule has 0 N–H and O–H groups in total. The summed E-state index contributed by atoms with van der Waals surface area (Å²) in [5, 5.41) is 4.36. The van der Waals surface area contributed by atoms with Gasteiger partial charge in [-0.1, -0.05) is 42.0 Å². The fourth-order valence-corrected chi connectivity index (χ4v) is 3.98. The number of benzene rings is 1. The molecule has 2 aromatic heterocycles. The van der Waals surface area contributed by atoms with Gasteiger partial charge in [-0.3, -0.25) is 4.79 Å². The number of aromatic nitrogens is 4. The van der Waals surface area contributed by atoms with Crippen LogP contribution in [0.25, 0.3) is 0 Å². The number of carbonyl (C=O) groups is 1. The molecule has 0 saturated heterocycles. The Bertz CT molecular complexity index is 1100. The van der Waals surface area contributed by atoms with Crippen molar-refractivity contribution in [2.24, 2.45) is 5.92 Å². The van der Waals surface area contributed by atoms with Crippen LogP contribution in [0.4, 0.5) is 5.82 Å². The number of aryl methyl sites for hydroxylation is 1. The van der Waals surface area contributed by atoms with Crippen molar-refractivity contribution in [2.75, 3.05) is 18.6 Å². The van der Waals surface area contributed by atoms with E-state index in [0.717, 1.165) is 28.5 Å². The van der Waals surface area contributed by atoms with Gasteiger partial charge < -0.3 is 9.64 Å². The van der Waals surface area contributed by atoms with Crippen LogP contribution in [-0.4, -0.2) is 44.2 Å². The Morgan fingerprint density at radius 1 is 1.26 bits per heavy atom. The molecule has 8 heteroatoms. The fourth-order valence-electron chi connectivity index (χ4n) is 3.71. The van der Waals surface area contributed by atoms with Crippen LogP contribution in [0.2, 0.25) is 0 Å². The van der Waals surface area contributed by atoms with Gasteiger partial charge in [0.25, 0.3) is 0 Å². The maximum absolute atomic E-state index is 12.6. The third-order valence-electron chi connectivity index (χ3n) is 5.36. The molecule has 0 saturated carbocycles. The smallest absolute Gasteiger partial charge is 0.217 e. The molecule has 1 aromatic carbocycles. The third-order valence-corrected chi connectivity index (χ3v) is 5.96. The number of rotatable bonds is 7. The minimum Gasteiger partial charge on any atom is -0.489 e. The van der Waals surface area contributed by atoms with E-state index in [2.05, 4.69) is 34.1 Å². The van der Waals surface area contributed by atoms with Gasteiger partial charge in [-0.05, 0) is 37.5 Å². The van der Waals surface area contributed by atoms with Crippen LogP contribution in [0.15, 0.2) is 48.9 Å². The van der Waals surface area contributed by atoms with Gasteiger partial charge in [0.1, 0.15) is 6.33 Å². The number of nitrogens with zero attached hydrogens (tertiary/aromatic N) is 5. The van der Waals surface area contributed by atoms with E-state index in [1.165, 1.54) is 5.56 Å². The van der Waals surface area contributed by atoms with E-state index in [-0.39, 0.29) is 17.5 Å². The molecule has 0 spiro atoms. The van der Waals surface area contributed by atoms with E-state index in [0.29, 0.717) is 26.0 Å². The van der Waals surface area contributed by atoms with Crippen LogP contribution >= 0.6 is 12.2 Å². The largest absolute Gasteiger partial charge is 0.489 e. The summed E-state index contributed by atoms with van der Waals surface area (Å²) < 4.78 is 7.61. The number of thiocarbonyl (C=S) groups is 1. The van der Waals surface area contributed by atoms with Gasteiger partial charge in [-0.2, -0.15) is 0 Å². The normalized spacial score (nSPS) is 15.9. The minimum absolute atomic E-state index is 0.0498. The molecule has 1 aliphatic heterocycles. The minimum atomic E-state index is -0.0539. The second kappa shape index (κ2) is 9.34. The van der Waals surface area contributed by atoms with Crippen molar-refractivity contribution in [3.05, 3.63) is 65.9 Å². The number of ketones is 1. The second-order valence-electron chi connectivity index (χ2n) is 7.80. The molecule has 7 nitrogen and oxygen atoms in total. The molecular weight excluding hydrogens is 410 g/mol. The second-order valence-corrected chi connectivity index (χ2v) is 8.22. The maximum Gasteiger partial charge on any atom is 0.217 e. The van der Waals surface area contributed by atoms with Gasteiger partial charge in [0.05, 0.1) is 18.1 Å². The van der Waals surface area contributed by atoms with Crippen molar-refractivity contribution in [3.8, 4) is 5.75 Å². The van der Waals surface area contributed by atoms with Gasteiger partial charge in [-0.15, -0.1) is 5.10 Å². The number of fused-ring (bicyclic) bond motifs is 1. The predicted octanol–water partition coefficient (Wildman–Crippen LogP) is 3.86. The molecule has 1 atom stereocenters. The standard InChI is InChI=1S/C23H25N5O2S/c1-16-6-3-7-17(12-16)13-28-15-25-21(26-28)19(29)9-4-8-18-14-30-20-10-5-11-24-22(20)27(2)23(18)31/h3,5-7,10-12,15,18H,4,8-9,13-14H2,1-2H3/t18-/m0/s1. The number of ether oxygens (including phenoxy) is 1. The Morgan fingerprint density at radius 3 is 2.97 bits per heavy atom. The molecule has 160 valence electrons. The number of pyridine rings is 1. The van der Waals surface area contributed by atoms with Gasteiger partial charge in [0.15, 0.2) is 11.6 Å². The summed E-state index contributed by atoms with van der Waals surface area (Å²) in [4.78, 5) is 23.8. The Balaban J connectivity index is 1.30. The molecule has 3 heterocycles. The van der Waals surface area contributed by atoms with Crippen molar-refractivity contribution in [1.82, 2.24) is 19.7 Å². The highest BCUT2D eigenvalue weighted by Gasteiger charge is 2.27. The first-order valence-corrected chi connectivity index (χ1v) is 10.8. The molecule has 0 unspecified atom stereocenters. The molecule has 31 heavy (non-hydrogen) atoms. The predicted molar refractivity (Wildman–Crippen MR) is 123 cm³/mol. The zero-order chi connectivity index (χ0) is 21.8. The summed E-state index contributed by atoms with van der Waals surface area (Å²) in [6.07, 6.45) is 5.17. The summed E-state index contributed by atoms with van der Waals surface area (Å²) >= 11 is 5.65. The number of hydrogen-bond donors (Lipinski definition) is 0. The van der Waals surface area contributed by atoms with E-state index in [9.17, 15) is 4.79 Å². The Morgan fingerprint density at radius 2 is 2.13 bits per heavy atom. The molecule has 1 aliphatic rings. The third kappa shape index (κ3) is 4.96. The lowest BCUT2D eigenvalue weighted by atomic mass is 10.0. The molecule has 0 bridgehead atoms. The monoisotopic (exact) mass is 435 g/mol. The first-order valence-electron chi connectivity index (χ1n) is 10.3. The quantitative estimate of drug-likeness (QED) is 0.412. The lowest BCUT2D eigenvalue weighted by Crippen LogP contribution is -2.32. The Hall–Kier alpha value is -3.13. The van der Waals surface area contributed by atoms with Gasteiger partial charge in [-0.25, -0.2) is 14.6 Å². The molecule has 0 amide bonds. The van der Waals surface area contributed by atoms with Gasteiger partial charge in [0.2, 0.25) is 11.6 Å². The van der Waals surface area contributed by atoms with Crippen molar-refractivity contribution in [2.45, 2.75) is 32.7 Å². The number of hydrogen-bond acceptors (Lipinski definition) is 6. The molecule has 4 rings (SSSR count). The number of anilines is 1. The molecule has 0 aliphatic carbocycles. The number of carbonyl (C=O) groups excluding carboxylic acids is 1. The molecule has 0 radical (unpaired) electrons. The summed E-state index contributed by atoms with van der Waals surface area (Å²) in [7, 11) is 1.91. The van der Waals surface area contributed by atoms with Crippen LogP contribution in [0.1, 0.15) is 41.0 Å². The van der Waals surface area contributed by atoms with E-state index in [4.69, 9.17) is 17.0 Å². The van der Waals surface area contributed by atoms with Crippen molar-refractivity contribution in [1.29, 1.82) is 0 Å². The van der Waals surface area contributed by atoms with Crippen LogP contribution in [0, 0.1) is 12.8 Å². The van der Waals surface area contributed by atoms with E-state index in [1.807, 2.05) is 36.2 Å². The summed E-state index contributed by atoms with van der Waals surface area (Å²) in [5.74, 6) is 1.72. The van der Waals surface area contributed by atoms with Gasteiger partial charge in [0, 0.05) is 25.6 Å². The SMILES string of the molecule is Cc1cccc(Cn2cnc(C(=O)CCC[C@H]3COc4cccnc4N(C)C3=S)n2)c1. The Kier molecular flexibility index (Phi) is 6.36. The van der Waals surface area contributed by atoms with E-state index in [1.54, 1.807) is 17.2 Å². The van der Waals surface area contributed by atoms with E-state index >= 15 is 0 Å². The lowest BCUT2D eigenvalue weighted by Gasteiger charge is -2.21. The highest BCUT2D eigenvalue weighted by Crippen LogP contribution is 2.31. The summed E-state index contributed by atoms with van der Waals surface area (Å²) in [5.41, 5.74) is 2.32. The lowest BCUT2D eigenvalue weighted by molar-refractivity contribution is 0.0967. The summed E-state index contributed by atoms with van der Waals surface area (Å²) in [6, 6.07) is 12.0. The molecule has 0 fully saturated rings. The molecular formula is C23H25N5O2S. The Labute approximate surface area is 187 Å². The van der Waals surface area contributed by atoms with Crippen LogP contribution < -0.4 is 9.64 Å². The fraction of sp³-hybridized carbons (Fsp3) is 0.348. The average molecular weight is 436 g/mol. The highest BCUT2D eigenvalue weighted by atomic mass is 32.1. The number of Topliss-reactive ketones (excluding diaryl/α,β-unsaturated/α-hetero) is 1. The van der Waals surface area contributed by atoms with E-state index < -0.39 is 0 Å². The van der Waals surface area contributed by atoms with Crippen LogP contribution in [-0.2, 0) is 6.54 Å². The van der Waals surface area contributed by atoms with Gasteiger partial charge >= 0.3 is 0 Å². The van der Waals surface area contributed by atoms with Crippen molar-refractivity contribution >= 4 is 28.8 Å². The average Bonchev–Trinajstić information content (AvgIpc) is 3.19. The zero-order valence-corrected chi connectivity index (χ0v) is 18.5. The zero-order valence-electron chi connectivity index (χ0n) is 17.7. The first-order chi connectivity index (χ1) is 15.0. The molecule has 3 aromatic rings. The van der Waals surface area contributed by atoms with Crippen LogP contribution in [0.3, 0.4) is 0 Å².